The number of hydrogen-bond donors (Lipinski definition) is 2. The van der Waals surface area contributed by atoms with E-state index in [1.54, 1.807) is 55.5 Å². The first kappa shape index (κ1) is 17.8. The largest absolute Gasteiger partial charge is 0.492 e. The second-order valence-electron chi connectivity index (χ2n) is 5.41. The van der Waals surface area contributed by atoms with E-state index < -0.39 is 33.6 Å². The van der Waals surface area contributed by atoms with Crippen LogP contribution < -0.4 is 15.4 Å². The second kappa shape index (κ2) is 7.49. The van der Waals surface area contributed by atoms with Gasteiger partial charge >= 0.3 is 0 Å². The Morgan fingerprint density at radius 3 is 2.62 bits per heavy atom. The Hall–Kier alpha value is -3.00. The molecule has 0 bridgehead atoms. The van der Waals surface area contributed by atoms with Gasteiger partial charge in [0.2, 0.25) is 11.7 Å². The number of ether oxygens (including phenoxy) is 1. The predicted molar refractivity (Wildman–Crippen MR) is 96.5 cm³/mol. The van der Waals surface area contributed by atoms with Crippen LogP contribution in [0.5, 0.6) is 5.75 Å². The number of carbonyl (C=O) groups excluding carboxylic acids is 3. The van der Waals surface area contributed by atoms with Crippen LogP contribution in [0.2, 0.25) is 0 Å². The normalized spacial score (nSPS) is 18.4. The second-order valence-corrected chi connectivity index (χ2v) is 6.92. The van der Waals surface area contributed by atoms with Crippen LogP contribution in [0.3, 0.4) is 0 Å². The minimum absolute atomic E-state index is 0.301. The molecule has 2 aromatic carbocycles. The Balaban J connectivity index is 1.82. The van der Waals surface area contributed by atoms with Crippen LogP contribution in [-0.2, 0) is 25.2 Å². The standard InChI is InChI=1S/C18H16N2O5S/c1-2-25-13-9-5-3-7-11(13)19-17(22)15(21)16-18(23)20-12-8-4-6-10-14(12)26(16)24/h3-10,16H,2H2,1H3,(H,19,22)(H,20,23)/t16-,26-/m1/s1. The Morgan fingerprint density at radius 2 is 1.85 bits per heavy atom. The zero-order valence-corrected chi connectivity index (χ0v) is 14.7. The fourth-order valence-electron chi connectivity index (χ4n) is 2.54. The van der Waals surface area contributed by atoms with E-state index in [4.69, 9.17) is 4.74 Å². The molecule has 2 N–H and O–H groups in total. The molecular formula is C18H16N2O5S. The van der Waals surface area contributed by atoms with Crippen LogP contribution in [0.25, 0.3) is 0 Å². The first-order valence-electron chi connectivity index (χ1n) is 7.90. The fraction of sp³-hybridized carbons (Fsp3) is 0.167. The van der Waals surface area contributed by atoms with Gasteiger partial charge in [0.05, 0.1) is 33.7 Å². The third kappa shape index (κ3) is 3.36. The maximum atomic E-state index is 12.6. The highest BCUT2D eigenvalue weighted by Crippen LogP contribution is 2.28. The van der Waals surface area contributed by atoms with Crippen LogP contribution in [0.1, 0.15) is 6.92 Å². The summed E-state index contributed by atoms with van der Waals surface area (Å²) in [5, 5.41) is 3.35. The molecule has 0 aromatic heterocycles. The van der Waals surface area contributed by atoms with E-state index in [9.17, 15) is 18.6 Å². The van der Waals surface area contributed by atoms with Crippen LogP contribution in [0.15, 0.2) is 53.4 Å². The summed E-state index contributed by atoms with van der Waals surface area (Å²) in [5.41, 5.74) is 0.678. The SMILES string of the molecule is CCOc1ccccc1NC(=O)C(=O)[C@@H]1C(=O)Nc2ccccc2[S@]1=O. The van der Waals surface area contributed by atoms with Crippen molar-refractivity contribution >= 4 is 39.8 Å². The highest BCUT2D eigenvalue weighted by Gasteiger charge is 2.41. The average molecular weight is 372 g/mol. The summed E-state index contributed by atoms with van der Waals surface area (Å²) in [6, 6.07) is 13.1. The molecule has 0 fully saturated rings. The lowest BCUT2D eigenvalue weighted by molar-refractivity contribution is -0.136. The lowest BCUT2D eigenvalue weighted by Gasteiger charge is -2.22. The Kier molecular flexibility index (Phi) is 5.13. The van der Waals surface area contributed by atoms with E-state index >= 15 is 0 Å². The fourth-order valence-corrected chi connectivity index (χ4v) is 3.90. The van der Waals surface area contributed by atoms with Crippen LogP contribution in [0.4, 0.5) is 11.4 Å². The number of nitrogens with one attached hydrogen (secondary N) is 2. The number of rotatable bonds is 5. The van der Waals surface area contributed by atoms with Gasteiger partial charge in [-0.2, -0.15) is 0 Å². The van der Waals surface area contributed by atoms with Crippen molar-refractivity contribution < 1.29 is 23.3 Å². The van der Waals surface area contributed by atoms with Crippen molar-refractivity contribution in [1.82, 2.24) is 0 Å². The van der Waals surface area contributed by atoms with Gasteiger partial charge in [-0.15, -0.1) is 0 Å². The zero-order chi connectivity index (χ0) is 18.7. The van der Waals surface area contributed by atoms with Gasteiger partial charge in [0.25, 0.3) is 5.91 Å². The molecule has 0 saturated heterocycles. The lowest BCUT2D eigenvalue weighted by atomic mass is 10.2. The summed E-state index contributed by atoms with van der Waals surface area (Å²) in [5.74, 6) is -2.46. The third-order valence-electron chi connectivity index (χ3n) is 3.71. The molecule has 2 amide bonds. The van der Waals surface area contributed by atoms with Gasteiger partial charge in [-0.1, -0.05) is 24.3 Å². The molecule has 0 unspecified atom stereocenters. The summed E-state index contributed by atoms with van der Waals surface area (Å²) in [6.45, 7) is 2.17. The summed E-state index contributed by atoms with van der Waals surface area (Å²) >= 11 is 0. The van der Waals surface area contributed by atoms with Crippen LogP contribution in [0, 0.1) is 0 Å². The first-order valence-corrected chi connectivity index (χ1v) is 9.11. The topological polar surface area (TPSA) is 102 Å². The summed E-state index contributed by atoms with van der Waals surface area (Å²) in [7, 11) is -1.95. The van der Waals surface area contributed by atoms with Crippen molar-refractivity contribution in [2.24, 2.45) is 0 Å². The van der Waals surface area contributed by atoms with Crippen LogP contribution >= 0.6 is 0 Å². The number of Topliss-reactive ketones (excluding diaryl/α,β-unsaturated/α-hetero) is 1. The minimum Gasteiger partial charge on any atom is -0.492 e. The molecule has 0 radical (unpaired) electrons. The summed E-state index contributed by atoms with van der Waals surface area (Å²) in [6.07, 6.45) is 0. The molecule has 1 aliphatic rings. The molecule has 2 aromatic rings. The lowest BCUT2D eigenvalue weighted by Crippen LogP contribution is -2.46. The maximum Gasteiger partial charge on any atom is 0.293 e. The van der Waals surface area contributed by atoms with Crippen molar-refractivity contribution in [1.29, 1.82) is 0 Å². The first-order chi connectivity index (χ1) is 12.5. The smallest absolute Gasteiger partial charge is 0.293 e. The van der Waals surface area contributed by atoms with E-state index in [1.807, 2.05) is 0 Å². The number of hydrogen-bond acceptors (Lipinski definition) is 5. The Labute approximate surface area is 152 Å². The molecule has 0 aliphatic carbocycles. The van der Waals surface area contributed by atoms with Crippen molar-refractivity contribution in [3.05, 3.63) is 48.5 Å². The van der Waals surface area contributed by atoms with Gasteiger partial charge in [-0.3, -0.25) is 18.6 Å². The zero-order valence-electron chi connectivity index (χ0n) is 13.9. The number of carbonyl (C=O) groups is 3. The molecule has 1 heterocycles. The van der Waals surface area contributed by atoms with Crippen LogP contribution in [-0.4, -0.2) is 33.7 Å². The molecule has 3 rings (SSSR count). The molecular weight excluding hydrogens is 356 g/mol. The minimum atomic E-state index is -1.95. The van der Waals surface area contributed by atoms with Gasteiger partial charge in [0.1, 0.15) is 5.75 Å². The summed E-state index contributed by atoms with van der Waals surface area (Å²) in [4.78, 5) is 37.4. The molecule has 1 aliphatic heterocycles. The van der Waals surface area contributed by atoms with E-state index in [0.717, 1.165) is 0 Å². The monoisotopic (exact) mass is 372 g/mol. The molecule has 7 nitrogen and oxygen atoms in total. The highest BCUT2D eigenvalue weighted by atomic mass is 32.2. The van der Waals surface area contributed by atoms with Crippen molar-refractivity contribution in [2.45, 2.75) is 17.1 Å². The Morgan fingerprint density at radius 1 is 1.15 bits per heavy atom. The number of ketones is 1. The van der Waals surface area contributed by atoms with E-state index in [2.05, 4.69) is 10.6 Å². The molecule has 0 saturated carbocycles. The van der Waals surface area contributed by atoms with Gasteiger partial charge in [-0.05, 0) is 31.2 Å². The number of fused-ring (bicyclic) bond motifs is 1. The quantitative estimate of drug-likeness (QED) is 0.615. The highest BCUT2D eigenvalue weighted by molar-refractivity contribution is 7.87. The molecule has 2 atom stereocenters. The van der Waals surface area contributed by atoms with E-state index in [0.29, 0.717) is 28.6 Å². The van der Waals surface area contributed by atoms with Gasteiger partial charge in [-0.25, -0.2) is 0 Å². The number of para-hydroxylation sites is 3. The molecule has 0 spiro atoms. The van der Waals surface area contributed by atoms with Crippen molar-refractivity contribution in [3.8, 4) is 5.75 Å². The van der Waals surface area contributed by atoms with Gasteiger partial charge < -0.3 is 15.4 Å². The average Bonchev–Trinajstić information content (AvgIpc) is 2.63. The van der Waals surface area contributed by atoms with E-state index in [1.165, 1.54) is 0 Å². The number of benzene rings is 2. The Bertz CT molecular complexity index is 912. The molecule has 134 valence electrons. The number of amides is 2. The third-order valence-corrected chi connectivity index (χ3v) is 5.36. The summed E-state index contributed by atoms with van der Waals surface area (Å²) < 4.78 is 18.0. The van der Waals surface area contributed by atoms with E-state index in [-0.39, 0.29) is 0 Å². The van der Waals surface area contributed by atoms with Gasteiger partial charge in [0, 0.05) is 0 Å². The van der Waals surface area contributed by atoms with Gasteiger partial charge in [0.15, 0.2) is 5.25 Å². The molecule has 8 heteroatoms. The van der Waals surface area contributed by atoms with Crippen molar-refractivity contribution in [2.75, 3.05) is 17.2 Å². The number of anilines is 2. The predicted octanol–water partition coefficient (Wildman–Crippen LogP) is 1.72. The maximum absolute atomic E-state index is 12.6. The van der Waals surface area contributed by atoms with Crippen molar-refractivity contribution in [3.63, 3.8) is 0 Å². The molecule has 26 heavy (non-hydrogen) atoms.